The van der Waals surface area contributed by atoms with Gasteiger partial charge in [0.25, 0.3) is 0 Å². The van der Waals surface area contributed by atoms with Crippen molar-refractivity contribution in [1.29, 1.82) is 0 Å². The van der Waals surface area contributed by atoms with Crippen molar-refractivity contribution in [3.63, 3.8) is 0 Å². The molecule has 2 heterocycles. The lowest BCUT2D eigenvalue weighted by atomic mass is 10.2. The Morgan fingerprint density at radius 3 is 2.81 bits per heavy atom. The van der Waals surface area contributed by atoms with Crippen LogP contribution in [0.3, 0.4) is 0 Å². The van der Waals surface area contributed by atoms with E-state index in [2.05, 4.69) is 15.2 Å². The molecule has 16 heavy (non-hydrogen) atoms. The molecule has 80 valence electrons. The van der Waals surface area contributed by atoms with E-state index >= 15 is 0 Å². The van der Waals surface area contributed by atoms with Crippen LogP contribution in [-0.2, 0) is 7.05 Å². The lowest BCUT2D eigenvalue weighted by molar-refractivity contribution is 0.376. The standard InChI is InChI=1S/C11H10N4O/c1-15-8-6-4-3-5-7(8)9-10(15)13-14-11(12-9)16-2/h3-6H,1-2H3. The fourth-order valence-electron chi connectivity index (χ4n) is 1.88. The normalized spacial score (nSPS) is 11.1. The van der Waals surface area contributed by atoms with Crippen molar-refractivity contribution in [2.24, 2.45) is 7.05 Å². The van der Waals surface area contributed by atoms with Crippen LogP contribution >= 0.6 is 0 Å². The summed E-state index contributed by atoms with van der Waals surface area (Å²) >= 11 is 0. The van der Waals surface area contributed by atoms with Crippen molar-refractivity contribution in [2.45, 2.75) is 0 Å². The van der Waals surface area contributed by atoms with Crippen molar-refractivity contribution in [3.8, 4) is 6.01 Å². The van der Waals surface area contributed by atoms with Crippen LogP contribution < -0.4 is 4.74 Å². The second-order valence-corrected chi connectivity index (χ2v) is 3.55. The zero-order chi connectivity index (χ0) is 11.1. The monoisotopic (exact) mass is 214 g/mol. The molecule has 3 aromatic rings. The van der Waals surface area contributed by atoms with Crippen LogP contribution in [-0.4, -0.2) is 26.9 Å². The summed E-state index contributed by atoms with van der Waals surface area (Å²) in [6.07, 6.45) is 0. The van der Waals surface area contributed by atoms with Crippen LogP contribution in [0.1, 0.15) is 0 Å². The zero-order valence-electron chi connectivity index (χ0n) is 9.01. The van der Waals surface area contributed by atoms with E-state index in [0.717, 1.165) is 22.1 Å². The molecule has 0 N–H and O–H groups in total. The minimum Gasteiger partial charge on any atom is -0.466 e. The summed E-state index contributed by atoms with van der Waals surface area (Å²) < 4.78 is 6.96. The summed E-state index contributed by atoms with van der Waals surface area (Å²) in [4.78, 5) is 4.33. The Bertz CT molecular complexity index is 674. The van der Waals surface area contributed by atoms with Gasteiger partial charge >= 0.3 is 6.01 Å². The van der Waals surface area contributed by atoms with Gasteiger partial charge in [-0.2, -0.15) is 4.98 Å². The summed E-state index contributed by atoms with van der Waals surface area (Å²) in [6, 6.07) is 8.32. The van der Waals surface area contributed by atoms with Crippen LogP contribution in [0.25, 0.3) is 22.1 Å². The van der Waals surface area contributed by atoms with Gasteiger partial charge < -0.3 is 9.30 Å². The van der Waals surface area contributed by atoms with E-state index in [-0.39, 0.29) is 0 Å². The van der Waals surface area contributed by atoms with E-state index < -0.39 is 0 Å². The van der Waals surface area contributed by atoms with E-state index in [1.807, 2.05) is 35.9 Å². The zero-order valence-corrected chi connectivity index (χ0v) is 9.01. The van der Waals surface area contributed by atoms with E-state index in [9.17, 15) is 0 Å². The molecule has 0 aliphatic rings. The minimum absolute atomic E-state index is 0.295. The highest BCUT2D eigenvalue weighted by Gasteiger charge is 2.11. The first-order valence-corrected chi connectivity index (χ1v) is 4.93. The number of hydrogen-bond donors (Lipinski definition) is 0. The lowest BCUT2D eigenvalue weighted by Gasteiger charge is -1.96. The third kappa shape index (κ3) is 1.08. The number of nitrogens with zero attached hydrogens (tertiary/aromatic N) is 4. The highest BCUT2D eigenvalue weighted by molar-refractivity contribution is 6.04. The van der Waals surface area contributed by atoms with Crippen molar-refractivity contribution in [3.05, 3.63) is 24.3 Å². The SMILES string of the molecule is COc1nnc2c(n1)c1ccccc1n2C. The average Bonchev–Trinajstić information content (AvgIpc) is 2.64. The van der Waals surface area contributed by atoms with Crippen molar-refractivity contribution < 1.29 is 4.74 Å². The number of fused-ring (bicyclic) bond motifs is 3. The predicted molar refractivity (Wildman–Crippen MR) is 60.4 cm³/mol. The first-order valence-electron chi connectivity index (χ1n) is 4.93. The van der Waals surface area contributed by atoms with Gasteiger partial charge in [-0.15, -0.1) is 5.10 Å². The predicted octanol–water partition coefficient (Wildman–Crippen LogP) is 1.53. The minimum atomic E-state index is 0.295. The van der Waals surface area contributed by atoms with E-state index in [0.29, 0.717) is 6.01 Å². The van der Waals surface area contributed by atoms with Gasteiger partial charge in [-0.3, -0.25) is 0 Å². The number of benzene rings is 1. The molecule has 0 bridgehead atoms. The van der Waals surface area contributed by atoms with Gasteiger partial charge in [0, 0.05) is 12.4 Å². The van der Waals surface area contributed by atoms with Crippen LogP contribution in [0.15, 0.2) is 24.3 Å². The maximum atomic E-state index is 4.99. The molecule has 0 spiro atoms. The molecule has 0 atom stereocenters. The Hall–Kier alpha value is -2.17. The van der Waals surface area contributed by atoms with Gasteiger partial charge in [0.05, 0.1) is 12.6 Å². The van der Waals surface area contributed by atoms with E-state index in [1.54, 1.807) is 0 Å². The van der Waals surface area contributed by atoms with Gasteiger partial charge in [-0.1, -0.05) is 23.3 Å². The number of ether oxygens (including phenoxy) is 1. The number of para-hydroxylation sites is 1. The maximum Gasteiger partial charge on any atom is 0.336 e. The van der Waals surface area contributed by atoms with Gasteiger partial charge in [0.1, 0.15) is 5.52 Å². The average molecular weight is 214 g/mol. The van der Waals surface area contributed by atoms with E-state index in [4.69, 9.17) is 4.74 Å². The summed E-state index contributed by atoms with van der Waals surface area (Å²) in [5.74, 6) is 0. The fourth-order valence-corrected chi connectivity index (χ4v) is 1.88. The van der Waals surface area contributed by atoms with Crippen LogP contribution in [0, 0.1) is 0 Å². The smallest absolute Gasteiger partial charge is 0.336 e. The molecular weight excluding hydrogens is 204 g/mol. The van der Waals surface area contributed by atoms with Gasteiger partial charge in [-0.05, 0) is 6.07 Å². The van der Waals surface area contributed by atoms with Gasteiger partial charge in [0.2, 0.25) is 0 Å². The summed E-state index contributed by atoms with van der Waals surface area (Å²) in [6.45, 7) is 0. The molecule has 0 aliphatic heterocycles. The number of rotatable bonds is 1. The molecule has 0 radical (unpaired) electrons. The van der Waals surface area contributed by atoms with Crippen molar-refractivity contribution >= 4 is 22.1 Å². The third-order valence-electron chi connectivity index (χ3n) is 2.67. The number of methoxy groups -OCH3 is 1. The molecule has 5 heteroatoms. The van der Waals surface area contributed by atoms with E-state index in [1.165, 1.54) is 7.11 Å². The lowest BCUT2D eigenvalue weighted by Crippen LogP contribution is -1.96. The number of aromatic nitrogens is 4. The van der Waals surface area contributed by atoms with Crippen LogP contribution in [0.2, 0.25) is 0 Å². The Morgan fingerprint density at radius 2 is 2.00 bits per heavy atom. The molecule has 0 fully saturated rings. The third-order valence-corrected chi connectivity index (χ3v) is 2.67. The van der Waals surface area contributed by atoms with Crippen molar-refractivity contribution in [2.75, 3.05) is 7.11 Å². The molecule has 0 aliphatic carbocycles. The topological polar surface area (TPSA) is 52.8 Å². The quantitative estimate of drug-likeness (QED) is 0.616. The summed E-state index contributed by atoms with van der Waals surface area (Å²) in [5, 5.41) is 9.05. The highest BCUT2D eigenvalue weighted by Crippen LogP contribution is 2.25. The Morgan fingerprint density at radius 1 is 1.19 bits per heavy atom. The van der Waals surface area contributed by atoms with Gasteiger partial charge in [-0.25, -0.2) is 0 Å². The largest absolute Gasteiger partial charge is 0.466 e. The molecule has 0 amide bonds. The fraction of sp³-hybridized carbons (Fsp3) is 0.182. The number of aryl methyl sites for hydroxylation is 1. The Kier molecular flexibility index (Phi) is 1.80. The molecule has 2 aromatic heterocycles. The second kappa shape index (κ2) is 3.16. The molecular formula is C11H10N4O. The van der Waals surface area contributed by atoms with Gasteiger partial charge in [0.15, 0.2) is 5.65 Å². The molecule has 0 unspecified atom stereocenters. The molecule has 0 saturated carbocycles. The van der Waals surface area contributed by atoms with Crippen molar-refractivity contribution in [1.82, 2.24) is 19.7 Å². The van der Waals surface area contributed by atoms with Crippen LogP contribution in [0.4, 0.5) is 0 Å². The van der Waals surface area contributed by atoms with Crippen LogP contribution in [0.5, 0.6) is 6.01 Å². The maximum absolute atomic E-state index is 4.99. The summed E-state index contributed by atoms with van der Waals surface area (Å²) in [7, 11) is 3.49. The first kappa shape index (κ1) is 9.08. The molecule has 1 aromatic carbocycles. The highest BCUT2D eigenvalue weighted by atomic mass is 16.5. The number of hydrogen-bond acceptors (Lipinski definition) is 4. The second-order valence-electron chi connectivity index (χ2n) is 3.55. The summed E-state index contributed by atoms with van der Waals surface area (Å²) in [5.41, 5.74) is 2.68. The molecule has 5 nitrogen and oxygen atoms in total. The molecule has 0 saturated heterocycles. The Labute approximate surface area is 91.7 Å². The Balaban J connectivity index is 2.52. The first-order chi connectivity index (χ1) is 7.81. The molecule has 3 rings (SSSR count).